The highest BCUT2D eigenvalue weighted by molar-refractivity contribution is 5.77. The number of nitro groups is 1. The highest BCUT2D eigenvalue weighted by Gasteiger charge is 2.38. The summed E-state index contributed by atoms with van der Waals surface area (Å²) in [7, 11) is 0. The summed E-state index contributed by atoms with van der Waals surface area (Å²) in [5.41, 5.74) is 1.64. The zero-order valence-electron chi connectivity index (χ0n) is 11.8. The molecule has 1 aromatic carbocycles. The van der Waals surface area contributed by atoms with Crippen molar-refractivity contribution in [3.05, 3.63) is 28.3 Å². The van der Waals surface area contributed by atoms with Gasteiger partial charge in [-0.2, -0.15) is 0 Å². The predicted octanol–water partition coefficient (Wildman–Crippen LogP) is 3.26. The monoisotopic (exact) mass is 275 g/mol. The van der Waals surface area contributed by atoms with E-state index in [0.29, 0.717) is 12.2 Å². The number of rotatable bonds is 4. The minimum absolute atomic E-state index is 0.231. The molecule has 3 rings (SSSR count). The topological polar surface area (TPSA) is 58.4 Å². The van der Waals surface area contributed by atoms with Crippen molar-refractivity contribution in [1.29, 1.82) is 0 Å². The average molecular weight is 275 g/mol. The van der Waals surface area contributed by atoms with E-state index in [1.165, 1.54) is 19.3 Å². The molecule has 1 aliphatic carbocycles. The molecule has 2 fully saturated rings. The summed E-state index contributed by atoms with van der Waals surface area (Å²) < 4.78 is 0. The zero-order valence-corrected chi connectivity index (χ0v) is 11.8. The molecule has 2 atom stereocenters. The van der Waals surface area contributed by atoms with Crippen LogP contribution in [0.3, 0.4) is 0 Å². The number of nitrogens with zero attached hydrogens (tertiary/aromatic N) is 2. The first-order chi connectivity index (χ1) is 9.70. The van der Waals surface area contributed by atoms with Crippen LogP contribution in [0.25, 0.3) is 0 Å². The summed E-state index contributed by atoms with van der Waals surface area (Å²) in [6.07, 6.45) is 3.88. The van der Waals surface area contributed by atoms with Crippen molar-refractivity contribution in [3.8, 4) is 0 Å². The Morgan fingerprint density at radius 1 is 1.35 bits per heavy atom. The van der Waals surface area contributed by atoms with Crippen LogP contribution in [0.1, 0.15) is 26.2 Å². The molecule has 1 saturated heterocycles. The molecule has 5 heteroatoms. The van der Waals surface area contributed by atoms with E-state index in [4.69, 9.17) is 0 Å². The summed E-state index contributed by atoms with van der Waals surface area (Å²) in [5, 5.41) is 14.6. The van der Waals surface area contributed by atoms with Crippen molar-refractivity contribution in [2.24, 2.45) is 11.8 Å². The second kappa shape index (κ2) is 5.31. The molecule has 1 N–H and O–H groups in total. The maximum atomic E-state index is 11.5. The highest BCUT2D eigenvalue weighted by Crippen LogP contribution is 2.43. The molecule has 0 spiro atoms. The van der Waals surface area contributed by atoms with Gasteiger partial charge in [-0.25, -0.2) is 0 Å². The number of benzene rings is 1. The first-order valence-corrected chi connectivity index (χ1v) is 7.47. The maximum Gasteiger partial charge on any atom is 0.315 e. The van der Waals surface area contributed by atoms with E-state index in [1.807, 2.05) is 19.1 Å². The summed E-state index contributed by atoms with van der Waals surface area (Å²) in [6, 6.07) is 5.59. The number of hydrogen-bond acceptors (Lipinski definition) is 4. The van der Waals surface area contributed by atoms with Crippen molar-refractivity contribution in [3.63, 3.8) is 0 Å². The first kappa shape index (κ1) is 13.2. The van der Waals surface area contributed by atoms with Crippen LogP contribution in [0.5, 0.6) is 0 Å². The van der Waals surface area contributed by atoms with Gasteiger partial charge in [0, 0.05) is 19.6 Å². The van der Waals surface area contributed by atoms with Crippen molar-refractivity contribution in [1.82, 2.24) is 0 Å². The summed E-state index contributed by atoms with van der Waals surface area (Å²) >= 11 is 0. The number of para-hydroxylation sites is 1. The van der Waals surface area contributed by atoms with E-state index < -0.39 is 0 Å². The van der Waals surface area contributed by atoms with Crippen LogP contribution in [0.4, 0.5) is 17.1 Å². The number of anilines is 2. The van der Waals surface area contributed by atoms with Gasteiger partial charge in [0.15, 0.2) is 0 Å². The first-order valence-electron chi connectivity index (χ1n) is 7.47. The highest BCUT2D eigenvalue weighted by atomic mass is 16.6. The molecule has 20 heavy (non-hydrogen) atoms. The fourth-order valence-electron chi connectivity index (χ4n) is 3.74. The van der Waals surface area contributed by atoms with Crippen LogP contribution >= 0.6 is 0 Å². The fourth-order valence-corrected chi connectivity index (χ4v) is 3.74. The van der Waals surface area contributed by atoms with Crippen molar-refractivity contribution < 1.29 is 4.92 Å². The Kier molecular flexibility index (Phi) is 3.51. The lowest BCUT2D eigenvalue weighted by Crippen LogP contribution is -2.22. The Morgan fingerprint density at radius 2 is 2.05 bits per heavy atom. The van der Waals surface area contributed by atoms with E-state index in [-0.39, 0.29) is 10.6 Å². The SMILES string of the molecule is CCNc1cccc(N2CC3CCCC3C2)c1[N+](=O)[O-]. The molecule has 0 aromatic heterocycles. The Balaban J connectivity index is 1.93. The fraction of sp³-hybridized carbons (Fsp3) is 0.600. The van der Waals surface area contributed by atoms with Gasteiger partial charge in [-0.3, -0.25) is 10.1 Å². The van der Waals surface area contributed by atoms with E-state index in [9.17, 15) is 10.1 Å². The largest absolute Gasteiger partial charge is 0.380 e. The predicted molar refractivity (Wildman–Crippen MR) is 80.3 cm³/mol. The van der Waals surface area contributed by atoms with E-state index in [1.54, 1.807) is 6.07 Å². The Morgan fingerprint density at radius 3 is 2.65 bits per heavy atom. The second-order valence-corrected chi connectivity index (χ2v) is 5.82. The van der Waals surface area contributed by atoms with Gasteiger partial charge in [-0.05, 0) is 43.7 Å². The van der Waals surface area contributed by atoms with Crippen LogP contribution in [-0.2, 0) is 0 Å². The smallest absolute Gasteiger partial charge is 0.315 e. The van der Waals surface area contributed by atoms with Crippen molar-refractivity contribution in [2.75, 3.05) is 29.9 Å². The third-order valence-electron chi connectivity index (χ3n) is 4.63. The molecule has 1 heterocycles. The van der Waals surface area contributed by atoms with Crippen LogP contribution in [0.15, 0.2) is 18.2 Å². The molecule has 1 aliphatic heterocycles. The zero-order chi connectivity index (χ0) is 14.1. The molecular formula is C15H21N3O2. The lowest BCUT2D eigenvalue weighted by Gasteiger charge is -2.20. The molecule has 2 unspecified atom stereocenters. The Hall–Kier alpha value is -1.78. The van der Waals surface area contributed by atoms with Crippen LogP contribution < -0.4 is 10.2 Å². The minimum atomic E-state index is -0.249. The molecule has 108 valence electrons. The van der Waals surface area contributed by atoms with Gasteiger partial charge in [0.1, 0.15) is 11.4 Å². The summed E-state index contributed by atoms with van der Waals surface area (Å²) in [4.78, 5) is 13.4. The van der Waals surface area contributed by atoms with Gasteiger partial charge in [0.25, 0.3) is 0 Å². The number of nitrogens with one attached hydrogen (secondary N) is 1. The Labute approximate surface area is 119 Å². The van der Waals surface area contributed by atoms with Gasteiger partial charge < -0.3 is 10.2 Å². The van der Waals surface area contributed by atoms with Gasteiger partial charge in [-0.15, -0.1) is 0 Å². The molecule has 1 aromatic rings. The Bertz CT molecular complexity index is 506. The van der Waals surface area contributed by atoms with E-state index in [0.717, 1.165) is 30.6 Å². The minimum Gasteiger partial charge on any atom is -0.380 e. The number of fused-ring (bicyclic) bond motifs is 1. The quantitative estimate of drug-likeness (QED) is 0.677. The maximum absolute atomic E-state index is 11.5. The molecule has 0 bridgehead atoms. The van der Waals surface area contributed by atoms with E-state index >= 15 is 0 Å². The third kappa shape index (κ3) is 2.21. The molecule has 1 saturated carbocycles. The van der Waals surface area contributed by atoms with Crippen molar-refractivity contribution >= 4 is 17.1 Å². The van der Waals surface area contributed by atoms with Gasteiger partial charge >= 0.3 is 5.69 Å². The number of nitro benzene ring substituents is 1. The molecule has 2 aliphatic rings. The van der Waals surface area contributed by atoms with Crippen LogP contribution in [0, 0.1) is 22.0 Å². The van der Waals surface area contributed by atoms with Crippen LogP contribution in [0.2, 0.25) is 0 Å². The van der Waals surface area contributed by atoms with Gasteiger partial charge in [-0.1, -0.05) is 12.5 Å². The molecule has 5 nitrogen and oxygen atoms in total. The normalized spacial score (nSPS) is 24.8. The summed E-state index contributed by atoms with van der Waals surface area (Å²) in [6.45, 7) is 4.59. The average Bonchev–Trinajstić information content (AvgIpc) is 2.99. The van der Waals surface area contributed by atoms with Crippen LogP contribution in [-0.4, -0.2) is 24.6 Å². The third-order valence-corrected chi connectivity index (χ3v) is 4.63. The summed E-state index contributed by atoms with van der Waals surface area (Å²) in [5.74, 6) is 1.47. The van der Waals surface area contributed by atoms with Gasteiger partial charge in [0.05, 0.1) is 4.92 Å². The molecule has 0 amide bonds. The number of hydrogen-bond donors (Lipinski definition) is 1. The van der Waals surface area contributed by atoms with Crippen molar-refractivity contribution in [2.45, 2.75) is 26.2 Å². The van der Waals surface area contributed by atoms with Gasteiger partial charge in [0.2, 0.25) is 0 Å². The lowest BCUT2D eigenvalue weighted by atomic mass is 10.0. The van der Waals surface area contributed by atoms with E-state index in [2.05, 4.69) is 10.2 Å². The lowest BCUT2D eigenvalue weighted by molar-refractivity contribution is -0.383. The molecular weight excluding hydrogens is 254 g/mol. The second-order valence-electron chi connectivity index (χ2n) is 5.82. The molecule has 0 radical (unpaired) electrons. The standard InChI is InChI=1S/C15H21N3O2/c1-2-16-13-7-4-8-14(15(13)18(19)20)17-9-11-5-3-6-12(11)10-17/h4,7-8,11-12,16H,2-3,5-6,9-10H2,1H3.